The summed E-state index contributed by atoms with van der Waals surface area (Å²) in [6.07, 6.45) is 4.40. The first-order valence-electron chi connectivity index (χ1n) is 10.1. The lowest BCUT2D eigenvalue weighted by molar-refractivity contribution is -0.660. The molecule has 0 amide bonds. The van der Waals surface area contributed by atoms with Gasteiger partial charge in [-0.25, -0.2) is 4.57 Å². The zero-order chi connectivity index (χ0) is 20.1. The van der Waals surface area contributed by atoms with Gasteiger partial charge < -0.3 is 4.40 Å². The van der Waals surface area contributed by atoms with Gasteiger partial charge in [-0.2, -0.15) is 0 Å². The summed E-state index contributed by atoms with van der Waals surface area (Å²) in [5, 5.41) is 1.27. The molecule has 142 valence electrons. The Bertz CT molecular complexity index is 1390. The molecule has 2 heteroatoms. The van der Waals surface area contributed by atoms with Crippen LogP contribution in [0.4, 0.5) is 0 Å². The van der Waals surface area contributed by atoms with Gasteiger partial charge in [-0.05, 0) is 73.4 Å². The molecule has 29 heavy (non-hydrogen) atoms. The monoisotopic (exact) mass is 377 g/mol. The van der Waals surface area contributed by atoms with Crippen molar-refractivity contribution in [2.24, 2.45) is 7.05 Å². The molecule has 0 aliphatic rings. The normalized spacial score (nSPS) is 11.4. The Balaban J connectivity index is 1.67. The Labute approximate surface area is 171 Å². The number of nitrogens with zero attached hydrogens (tertiary/aromatic N) is 2. The predicted molar refractivity (Wildman–Crippen MR) is 121 cm³/mol. The molecule has 3 aromatic heterocycles. The highest BCUT2D eigenvalue weighted by atomic mass is 14.9. The second-order valence-electron chi connectivity index (χ2n) is 8.08. The quantitative estimate of drug-likeness (QED) is 0.325. The molecule has 2 nitrogen and oxygen atoms in total. The topological polar surface area (TPSA) is 8.29 Å². The molecule has 0 unspecified atom stereocenters. The Morgan fingerprint density at radius 2 is 1.52 bits per heavy atom. The fraction of sp³-hybridized carbons (Fsp3) is 0.148. The molecule has 0 aliphatic heterocycles. The molecule has 5 aromatic rings. The number of pyridine rings is 2. The van der Waals surface area contributed by atoms with Crippen LogP contribution in [0.5, 0.6) is 0 Å². The summed E-state index contributed by atoms with van der Waals surface area (Å²) in [5.41, 5.74) is 11.4. The van der Waals surface area contributed by atoms with Crippen molar-refractivity contribution in [2.75, 3.05) is 0 Å². The lowest BCUT2D eigenvalue weighted by Crippen LogP contribution is -2.31. The summed E-state index contributed by atoms with van der Waals surface area (Å²) >= 11 is 0. The van der Waals surface area contributed by atoms with E-state index in [0.717, 1.165) is 0 Å². The summed E-state index contributed by atoms with van der Waals surface area (Å²) in [4.78, 5) is 0. The van der Waals surface area contributed by atoms with Gasteiger partial charge >= 0.3 is 0 Å². The minimum absolute atomic E-state index is 1.22. The van der Waals surface area contributed by atoms with Crippen LogP contribution in [-0.4, -0.2) is 4.40 Å². The molecule has 5 rings (SSSR count). The van der Waals surface area contributed by atoms with Crippen molar-refractivity contribution in [1.82, 2.24) is 4.40 Å². The highest BCUT2D eigenvalue weighted by molar-refractivity contribution is 5.88. The van der Waals surface area contributed by atoms with E-state index in [-0.39, 0.29) is 0 Å². The van der Waals surface area contributed by atoms with Gasteiger partial charge in [0.1, 0.15) is 7.05 Å². The Hall–Kier alpha value is -3.39. The van der Waals surface area contributed by atoms with E-state index in [9.17, 15) is 0 Å². The first-order chi connectivity index (χ1) is 14.0. The molecule has 0 aliphatic carbocycles. The van der Waals surface area contributed by atoms with E-state index in [1.165, 1.54) is 55.5 Å². The minimum Gasteiger partial charge on any atom is -0.317 e. The lowest BCUT2D eigenvalue weighted by atomic mass is 9.96. The summed E-state index contributed by atoms with van der Waals surface area (Å²) in [5.74, 6) is 0. The van der Waals surface area contributed by atoms with Crippen LogP contribution in [0.3, 0.4) is 0 Å². The molecule has 0 fully saturated rings. The van der Waals surface area contributed by atoms with Crippen LogP contribution in [0.25, 0.3) is 38.8 Å². The average molecular weight is 378 g/mol. The number of para-hydroxylation sites is 1. The first-order valence-corrected chi connectivity index (χ1v) is 10.1. The molecule has 0 bridgehead atoms. The molecular weight excluding hydrogens is 352 g/mol. The van der Waals surface area contributed by atoms with E-state index in [2.05, 4.69) is 116 Å². The van der Waals surface area contributed by atoms with Crippen LogP contribution >= 0.6 is 0 Å². The van der Waals surface area contributed by atoms with Crippen molar-refractivity contribution in [3.63, 3.8) is 0 Å². The van der Waals surface area contributed by atoms with Crippen LogP contribution in [-0.2, 0) is 7.05 Å². The maximum absolute atomic E-state index is 2.33. The highest BCUT2D eigenvalue weighted by Crippen LogP contribution is 2.30. The van der Waals surface area contributed by atoms with Gasteiger partial charge in [0.15, 0.2) is 6.20 Å². The molecule has 2 aromatic carbocycles. The summed E-state index contributed by atoms with van der Waals surface area (Å²) in [7, 11) is 2.13. The summed E-state index contributed by atoms with van der Waals surface area (Å²) in [6, 6.07) is 24.4. The summed E-state index contributed by atoms with van der Waals surface area (Å²) in [6.45, 7) is 6.54. The third-order valence-electron chi connectivity index (χ3n) is 6.07. The number of fused-ring (bicyclic) bond motifs is 3. The maximum atomic E-state index is 2.33. The van der Waals surface area contributed by atoms with Crippen LogP contribution < -0.4 is 4.57 Å². The molecule has 3 heterocycles. The van der Waals surface area contributed by atoms with Gasteiger partial charge in [-0.15, -0.1) is 0 Å². The largest absolute Gasteiger partial charge is 0.317 e. The highest BCUT2D eigenvalue weighted by Gasteiger charge is 2.15. The molecule has 0 radical (unpaired) electrons. The zero-order valence-electron chi connectivity index (χ0n) is 17.4. The van der Waals surface area contributed by atoms with Crippen molar-refractivity contribution >= 4 is 16.4 Å². The van der Waals surface area contributed by atoms with Crippen molar-refractivity contribution in [1.29, 1.82) is 0 Å². The van der Waals surface area contributed by atoms with Crippen molar-refractivity contribution in [3.8, 4) is 22.4 Å². The average Bonchev–Trinajstić information content (AvgIpc) is 3.09. The van der Waals surface area contributed by atoms with E-state index >= 15 is 0 Å². The summed E-state index contributed by atoms with van der Waals surface area (Å²) < 4.78 is 4.49. The minimum atomic E-state index is 1.22. The molecule has 0 saturated carbocycles. The van der Waals surface area contributed by atoms with Gasteiger partial charge in [-0.1, -0.05) is 30.3 Å². The van der Waals surface area contributed by atoms with Gasteiger partial charge in [0.05, 0.1) is 5.52 Å². The number of rotatable bonds is 2. The van der Waals surface area contributed by atoms with E-state index < -0.39 is 0 Å². The van der Waals surface area contributed by atoms with Crippen LogP contribution in [0.15, 0.2) is 79.1 Å². The van der Waals surface area contributed by atoms with Crippen molar-refractivity contribution in [2.45, 2.75) is 20.8 Å². The fourth-order valence-electron chi connectivity index (χ4n) is 4.24. The van der Waals surface area contributed by atoms with Gasteiger partial charge in [0.25, 0.3) is 0 Å². The Morgan fingerprint density at radius 3 is 2.38 bits per heavy atom. The number of hydrogen-bond donors (Lipinski definition) is 0. The van der Waals surface area contributed by atoms with Crippen molar-refractivity contribution < 1.29 is 4.57 Å². The smallest absolute Gasteiger partial charge is 0.212 e. The standard InChI is InChI=1S/C27H25N2/c1-18-9-10-21(16-25(18)27-13-19(2)20(3)17-28(27)4)22-11-12-29-24(14-22)15-23-7-5-6-8-26(23)29/h5-17H,1-4H3/q+1. The molecule has 0 saturated heterocycles. The number of aryl methyl sites for hydroxylation is 4. The van der Waals surface area contributed by atoms with Crippen LogP contribution in [0, 0.1) is 20.8 Å². The molecule has 0 spiro atoms. The van der Waals surface area contributed by atoms with Crippen LogP contribution in [0.1, 0.15) is 16.7 Å². The van der Waals surface area contributed by atoms with Crippen LogP contribution in [0.2, 0.25) is 0 Å². The first kappa shape index (κ1) is 17.7. The Kier molecular flexibility index (Phi) is 4.02. The maximum Gasteiger partial charge on any atom is 0.212 e. The molecule has 0 atom stereocenters. The number of hydrogen-bond acceptors (Lipinski definition) is 0. The van der Waals surface area contributed by atoms with E-state index in [0.29, 0.717) is 0 Å². The van der Waals surface area contributed by atoms with E-state index in [1.54, 1.807) is 0 Å². The third-order valence-corrected chi connectivity index (χ3v) is 6.07. The van der Waals surface area contributed by atoms with E-state index in [1.807, 2.05) is 0 Å². The SMILES string of the molecule is Cc1cc(-c2cc(-c3ccn4c(c3)cc3ccccc34)ccc2C)[n+](C)cc1C. The molecular formula is C27H25N2+. The lowest BCUT2D eigenvalue weighted by Gasteiger charge is -2.10. The number of aromatic nitrogens is 2. The van der Waals surface area contributed by atoms with Gasteiger partial charge in [-0.3, -0.25) is 0 Å². The van der Waals surface area contributed by atoms with E-state index in [4.69, 9.17) is 0 Å². The van der Waals surface area contributed by atoms with Crippen molar-refractivity contribution in [3.05, 3.63) is 95.8 Å². The third kappa shape index (κ3) is 2.92. The predicted octanol–water partition coefficient (Wildman–Crippen LogP) is 6.18. The second kappa shape index (κ2) is 6.59. The van der Waals surface area contributed by atoms with Gasteiger partial charge in [0, 0.05) is 34.3 Å². The van der Waals surface area contributed by atoms with Gasteiger partial charge in [0.2, 0.25) is 5.69 Å². The number of benzene rings is 2. The zero-order valence-corrected chi connectivity index (χ0v) is 17.4. The second-order valence-corrected chi connectivity index (χ2v) is 8.08. The fourth-order valence-corrected chi connectivity index (χ4v) is 4.24. The molecule has 0 N–H and O–H groups in total. The Morgan fingerprint density at radius 1 is 0.724 bits per heavy atom.